The molecule has 1 aliphatic heterocycles. The second kappa shape index (κ2) is 8.26. The van der Waals surface area contributed by atoms with Crippen molar-refractivity contribution in [3.63, 3.8) is 0 Å². The van der Waals surface area contributed by atoms with Crippen LogP contribution in [0.15, 0.2) is 47.4 Å². The van der Waals surface area contributed by atoms with E-state index in [0.29, 0.717) is 37.3 Å². The van der Waals surface area contributed by atoms with E-state index in [-0.39, 0.29) is 28.9 Å². The van der Waals surface area contributed by atoms with Crippen LogP contribution in [0.25, 0.3) is 0 Å². The Balaban J connectivity index is 1.61. The summed E-state index contributed by atoms with van der Waals surface area (Å²) in [5.74, 6) is -0.673. The van der Waals surface area contributed by atoms with Crippen LogP contribution in [0.4, 0.5) is 10.1 Å². The number of nitrogens with one attached hydrogen (secondary N) is 1. The van der Waals surface area contributed by atoms with Crippen molar-refractivity contribution < 1.29 is 22.3 Å². The highest BCUT2D eigenvalue weighted by atomic mass is 35.5. The summed E-state index contributed by atoms with van der Waals surface area (Å²) in [6, 6.07) is 10.5. The van der Waals surface area contributed by atoms with Crippen molar-refractivity contribution in [2.24, 2.45) is 0 Å². The molecule has 2 aliphatic rings. The summed E-state index contributed by atoms with van der Waals surface area (Å²) >= 11 is 6.19. The molecule has 4 rings (SSSR count). The third kappa shape index (κ3) is 3.85. The maximum absolute atomic E-state index is 13.7. The lowest BCUT2D eigenvalue weighted by molar-refractivity contribution is -0.124. The summed E-state index contributed by atoms with van der Waals surface area (Å²) < 4.78 is 46.3. The quantitative estimate of drug-likeness (QED) is 0.752. The van der Waals surface area contributed by atoms with Crippen LogP contribution in [0.5, 0.6) is 0 Å². The Morgan fingerprint density at radius 1 is 1.13 bits per heavy atom. The number of ether oxygens (including phenoxy) is 1. The lowest BCUT2D eigenvalue weighted by atomic mass is 9.63. The van der Waals surface area contributed by atoms with Crippen LogP contribution in [-0.4, -0.2) is 44.9 Å². The monoisotopic (exact) mass is 452 g/mol. The molecule has 1 heterocycles. The lowest BCUT2D eigenvalue weighted by Gasteiger charge is -2.40. The van der Waals surface area contributed by atoms with E-state index >= 15 is 0 Å². The summed E-state index contributed by atoms with van der Waals surface area (Å²) in [7, 11) is -3.82. The van der Waals surface area contributed by atoms with E-state index in [1.807, 2.05) is 0 Å². The molecule has 160 valence electrons. The molecule has 9 heteroatoms. The zero-order chi connectivity index (χ0) is 21.4. The number of hydrogen-bond donors (Lipinski definition) is 1. The molecule has 0 radical (unpaired) electrons. The minimum absolute atomic E-state index is 0.0581. The maximum Gasteiger partial charge on any atom is 0.244 e. The topological polar surface area (TPSA) is 75.7 Å². The summed E-state index contributed by atoms with van der Waals surface area (Å²) in [6.07, 6.45) is 2.07. The van der Waals surface area contributed by atoms with Gasteiger partial charge in [0.05, 0.1) is 23.7 Å². The number of morpholine rings is 1. The molecule has 30 heavy (non-hydrogen) atoms. The average molecular weight is 453 g/mol. The number of hydrogen-bond acceptors (Lipinski definition) is 4. The second-order valence-electron chi connectivity index (χ2n) is 7.56. The van der Waals surface area contributed by atoms with E-state index < -0.39 is 21.3 Å². The molecule has 0 spiro atoms. The molecular formula is C21H22ClFN2O4S. The predicted octanol–water partition coefficient (Wildman–Crippen LogP) is 3.56. The van der Waals surface area contributed by atoms with Crippen molar-refractivity contribution in [2.75, 3.05) is 31.6 Å². The van der Waals surface area contributed by atoms with Gasteiger partial charge in [0.15, 0.2) is 0 Å². The molecule has 2 aromatic rings. The zero-order valence-corrected chi connectivity index (χ0v) is 17.8. The molecular weight excluding hydrogens is 431 g/mol. The normalized spacial score (nSPS) is 19.1. The molecule has 1 amide bonds. The van der Waals surface area contributed by atoms with Gasteiger partial charge < -0.3 is 10.1 Å². The van der Waals surface area contributed by atoms with E-state index in [1.54, 1.807) is 18.2 Å². The highest BCUT2D eigenvalue weighted by Crippen LogP contribution is 2.45. The Morgan fingerprint density at radius 2 is 1.87 bits per heavy atom. The Hall–Kier alpha value is -2.00. The number of halogens is 2. The number of rotatable bonds is 5. The van der Waals surface area contributed by atoms with Crippen molar-refractivity contribution in [1.29, 1.82) is 0 Å². The van der Waals surface area contributed by atoms with Crippen LogP contribution in [-0.2, 0) is 25.0 Å². The van der Waals surface area contributed by atoms with E-state index in [2.05, 4.69) is 5.32 Å². The van der Waals surface area contributed by atoms with Crippen molar-refractivity contribution in [1.82, 2.24) is 4.31 Å². The van der Waals surface area contributed by atoms with Crippen LogP contribution in [0.2, 0.25) is 5.02 Å². The second-order valence-corrected chi connectivity index (χ2v) is 9.88. The van der Waals surface area contributed by atoms with Gasteiger partial charge in [-0.15, -0.1) is 0 Å². The first-order valence-corrected chi connectivity index (χ1v) is 11.6. The average Bonchev–Trinajstić information content (AvgIpc) is 2.69. The third-order valence-electron chi connectivity index (χ3n) is 5.80. The van der Waals surface area contributed by atoms with Gasteiger partial charge in [-0.3, -0.25) is 4.79 Å². The Kier molecular flexibility index (Phi) is 5.85. The van der Waals surface area contributed by atoms with Gasteiger partial charge in [0.25, 0.3) is 0 Å². The fourth-order valence-electron chi connectivity index (χ4n) is 3.92. The van der Waals surface area contributed by atoms with Crippen molar-refractivity contribution >= 4 is 33.2 Å². The molecule has 0 bridgehead atoms. The largest absolute Gasteiger partial charge is 0.379 e. The first-order valence-electron chi connectivity index (χ1n) is 9.78. The Bertz CT molecular complexity index is 1070. The summed E-state index contributed by atoms with van der Waals surface area (Å²) in [5.41, 5.74) is 0.144. The van der Waals surface area contributed by atoms with Gasteiger partial charge in [-0.05, 0) is 48.7 Å². The van der Waals surface area contributed by atoms with Crippen LogP contribution < -0.4 is 5.32 Å². The zero-order valence-electron chi connectivity index (χ0n) is 16.2. The third-order valence-corrected chi connectivity index (χ3v) is 8.18. The fourth-order valence-corrected chi connectivity index (χ4v) is 5.83. The van der Waals surface area contributed by atoms with Crippen LogP contribution >= 0.6 is 11.6 Å². The molecule has 0 unspecified atom stereocenters. The Labute approximate surface area is 180 Å². The van der Waals surface area contributed by atoms with Gasteiger partial charge in [0.2, 0.25) is 15.9 Å². The Morgan fingerprint density at radius 3 is 2.50 bits per heavy atom. The van der Waals surface area contributed by atoms with Crippen molar-refractivity contribution in [2.45, 2.75) is 29.6 Å². The molecule has 1 saturated carbocycles. The summed E-state index contributed by atoms with van der Waals surface area (Å²) in [5, 5.41) is 2.90. The summed E-state index contributed by atoms with van der Waals surface area (Å²) in [4.78, 5) is 13.1. The van der Waals surface area contributed by atoms with Crippen molar-refractivity contribution in [3.05, 3.63) is 58.9 Å². The number of nitrogens with zero attached hydrogens (tertiary/aromatic N) is 1. The maximum atomic E-state index is 13.7. The smallest absolute Gasteiger partial charge is 0.244 e. The minimum atomic E-state index is -3.82. The van der Waals surface area contributed by atoms with Gasteiger partial charge in [-0.1, -0.05) is 30.2 Å². The van der Waals surface area contributed by atoms with E-state index in [1.165, 1.54) is 28.6 Å². The molecule has 1 N–H and O–H groups in total. The van der Waals surface area contributed by atoms with Gasteiger partial charge >= 0.3 is 0 Å². The van der Waals surface area contributed by atoms with Gasteiger partial charge in [0.1, 0.15) is 10.7 Å². The summed E-state index contributed by atoms with van der Waals surface area (Å²) in [6.45, 7) is 1.14. The SMILES string of the molecule is O=C(Nc1ccc(Cl)c(S(=O)(=O)N2CCOCC2)c1)C1(c2cccc(F)c2)CCC1. The van der Waals surface area contributed by atoms with Crippen LogP contribution in [0, 0.1) is 5.82 Å². The first-order chi connectivity index (χ1) is 14.3. The number of carbonyl (C=O) groups excluding carboxylic acids is 1. The van der Waals surface area contributed by atoms with E-state index in [9.17, 15) is 17.6 Å². The first kappa shape index (κ1) is 21.2. The van der Waals surface area contributed by atoms with Gasteiger partial charge in [-0.2, -0.15) is 4.31 Å². The number of anilines is 1. The highest BCUT2D eigenvalue weighted by molar-refractivity contribution is 7.89. The van der Waals surface area contributed by atoms with Crippen LogP contribution in [0.3, 0.4) is 0 Å². The molecule has 2 aromatic carbocycles. The van der Waals surface area contributed by atoms with E-state index in [4.69, 9.17) is 16.3 Å². The lowest BCUT2D eigenvalue weighted by Crippen LogP contribution is -2.46. The van der Waals surface area contributed by atoms with E-state index in [0.717, 1.165) is 6.42 Å². The molecule has 2 fully saturated rings. The molecule has 6 nitrogen and oxygen atoms in total. The molecule has 1 aliphatic carbocycles. The number of sulfonamides is 1. The molecule has 0 aromatic heterocycles. The molecule has 0 atom stereocenters. The van der Waals surface area contributed by atoms with Gasteiger partial charge in [-0.25, -0.2) is 12.8 Å². The fraction of sp³-hybridized carbons (Fsp3) is 0.381. The number of benzene rings is 2. The number of amides is 1. The standard InChI is InChI=1S/C21H22ClFN2O4S/c22-18-6-5-17(14-19(18)30(27,28)25-9-11-29-12-10-25)24-20(26)21(7-2-8-21)15-3-1-4-16(23)13-15/h1,3-6,13-14H,2,7-12H2,(H,24,26). The van der Waals surface area contributed by atoms with Crippen LogP contribution in [0.1, 0.15) is 24.8 Å². The highest BCUT2D eigenvalue weighted by Gasteiger charge is 2.46. The van der Waals surface area contributed by atoms with Gasteiger partial charge in [0, 0.05) is 18.8 Å². The minimum Gasteiger partial charge on any atom is -0.379 e. The van der Waals surface area contributed by atoms with Crippen molar-refractivity contribution in [3.8, 4) is 0 Å². The molecule has 1 saturated heterocycles. The number of carbonyl (C=O) groups is 1. The predicted molar refractivity (Wildman–Crippen MR) is 112 cm³/mol.